The van der Waals surface area contributed by atoms with E-state index in [1.54, 1.807) is 0 Å². The molecule has 1 fully saturated rings. The highest BCUT2D eigenvalue weighted by Gasteiger charge is 2.49. The summed E-state index contributed by atoms with van der Waals surface area (Å²) in [4.78, 5) is 28.3. The fraction of sp³-hybridized carbons (Fsp3) is 0.643. The molecule has 128 valence electrons. The van der Waals surface area contributed by atoms with Crippen molar-refractivity contribution in [3.63, 3.8) is 0 Å². The number of rotatable bonds is 2. The lowest BCUT2D eigenvalue weighted by molar-refractivity contribution is -0.184. The van der Waals surface area contributed by atoms with E-state index in [-0.39, 0.29) is 42.6 Å². The van der Waals surface area contributed by atoms with Gasteiger partial charge in [0.15, 0.2) is 5.89 Å². The Labute approximate surface area is 131 Å². The molecule has 1 aliphatic heterocycles. The number of nitrogens with zero attached hydrogens (tertiary/aromatic N) is 2. The fourth-order valence-corrected chi connectivity index (χ4v) is 2.80. The van der Waals surface area contributed by atoms with Crippen molar-refractivity contribution < 1.29 is 27.2 Å². The van der Waals surface area contributed by atoms with Gasteiger partial charge in [-0.15, -0.1) is 0 Å². The van der Waals surface area contributed by atoms with Gasteiger partial charge in [-0.25, -0.2) is 4.98 Å². The second kappa shape index (κ2) is 6.21. The second-order valence-corrected chi connectivity index (χ2v) is 5.64. The molecule has 0 aliphatic carbocycles. The lowest BCUT2D eigenvalue weighted by Gasteiger charge is -2.40. The lowest BCUT2D eigenvalue weighted by Crippen LogP contribution is -2.58. The first-order chi connectivity index (χ1) is 10.6. The molecule has 0 saturated carbocycles. The molecule has 9 heteroatoms. The number of nitrogens with one attached hydrogen (secondary N) is 1. The largest absolute Gasteiger partial charge is 0.436 e. The van der Waals surface area contributed by atoms with Crippen molar-refractivity contribution in [1.82, 2.24) is 15.2 Å². The van der Waals surface area contributed by atoms with Gasteiger partial charge in [0.05, 0.1) is 5.69 Å². The fourth-order valence-electron chi connectivity index (χ4n) is 2.80. The topological polar surface area (TPSA) is 75.4 Å². The Morgan fingerprint density at radius 3 is 2.43 bits per heavy atom. The molecule has 1 aromatic rings. The maximum absolute atomic E-state index is 13.2. The van der Waals surface area contributed by atoms with Crippen molar-refractivity contribution in [3.05, 3.63) is 17.3 Å². The van der Waals surface area contributed by atoms with Gasteiger partial charge in [-0.3, -0.25) is 9.59 Å². The van der Waals surface area contributed by atoms with E-state index in [1.807, 2.05) is 0 Å². The first-order valence-electron chi connectivity index (χ1n) is 7.18. The zero-order valence-corrected chi connectivity index (χ0v) is 13.0. The number of aryl methyl sites for hydroxylation is 2. The molecule has 6 nitrogen and oxygen atoms in total. The average molecular weight is 333 g/mol. The number of aromatic nitrogens is 1. The molecular formula is C14H18F3N3O3. The maximum atomic E-state index is 13.2. The van der Waals surface area contributed by atoms with E-state index in [1.165, 1.54) is 20.8 Å². The quantitative estimate of drug-likeness (QED) is 0.898. The van der Waals surface area contributed by atoms with Crippen LogP contribution in [0.15, 0.2) is 4.42 Å². The number of amides is 2. The van der Waals surface area contributed by atoms with Crippen molar-refractivity contribution in [2.24, 2.45) is 0 Å². The van der Waals surface area contributed by atoms with Crippen LogP contribution in [0.25, 0.3) is 0 Å². The summed E-state index contributed by atoms with van der Waals surface area (Å²) in [5, 5.41) is 2.56. The molecule has 0 spiro atoms. The molecule has 2 atom stereocenters. The van der Waals surface area contributed by atoms with E-state index < -0.39 is 24.2 Å². The van der Waals surface area contributed by atoms with Gasteiger partial charge in [0.1, 0.15) is 6.04 Å². The van der Waals surface area contributed by atoms with Crippen molar-refractivity contribution in [1.29, 1.82) is 0 Å². The van der Waals surface area contributed by atoms with Gasteiger partial charge < -0.3 is 14.6 Å². The zero-order valence-electron chi connectivity index (χ0n) is 13.0. The summed E-state index contributed by atoms with van der Waals surface area (Å²) in [6.45, 7) is 4.08. The SMILES string of the molecule is CC(=O)N[C@H]1CC[C@H](C(F)(F)F)N(C(=O)c2oc(C)nc2C)C1. The standard InChI is InChI=1S/C14H18F3N3O3/c1-7-12(23-9(3)18-7)13(22)20-6-10(19-8(2)21)4-5-11(20)14(15,16)17/h10-11H,4-6H2,1-3H3,(H,19,21)/t10-,11+/m0/s1. The molecule has 1 N–H and O–H groups in total. The molecular weight excluding hydrogens is 315 g/mol. The minimum absolute atomic E-state index is 0.155. The summed E-state index contributed by atoms with van der Waals surface area (Å²) in [5.41, 5.74) is 0.245. The van der Waals surface area contributed by atoms with Crippen LogP contribution in [0.3, 0.4) is 0 Å². The van der Waals surface area contributed by atoms with Crippen LogP contribution in [-0.4, -0.2) is 46.5 Å². The third kappa shape index (κ3) is 3.83. The number of carbonyl (C=O) groups excluding carboxylic acids is 2. The Bertz CT molecular complexity index is 612. The minimum Gasteiger partial charge on any atom is -0.436 e. The molecule has 1 aliphatic rings. The number of piperidine rings is 1. The monoisotopic (exact) mass is 333 g/mol. The Kier molecular flexibility index (Phi) is 4.67. The van der Waals surface area contributed by atoms with Crippen LogP contribution in [0.4, 0.5) is 13.2 Å². The highest BCUT2D eigenvalue weighted by molar-refractivity contribution is 5.93. The molecule has 2 rings (SSSR count). The summed E-state index contributed by atoms with van der Waals surface area (Å²) < 4.78 is 44.9. The van der Waals surface area contributed by atoms with Crippen LogP contribution < -0.4 is 5.32 Å². The molecule has 23 heavy (non-hydrogen) atoms. The van der Waals surface area contributed by atoms with Gasteiger partial charge in [0.25, 0.3) is 5.91 Å². The van der Waals surface area contributed by atoms with E-state index in [9.17, 15) is 22.8 Å². The van der Waals surface area contributed by atoms with E-state index >= 15 is 0 Å². The van der Waals surface area contributed by atoms with E-state index in [4.69, 9.17) is 4.42 Å². The lowest BCUT2D eigenvalue weighted by atomic mass is 9.97. The highest BCUT2D eigenvalue weighted by atomic mass is 19.4. The summed E-state index contributed by atoms with van der Waals surface area (Å²) in [5.74, 6) is -1.19. The van der Waals surface area contributed by atoms with Gasteiger partial charge >= 0.3 is 6.18 Å². The highest BCUT2D eigenvalue weighted by Crippen LogP contribution is 2.33. The Morgan fingerprint density at radius 1 is 1.30 bits per heavy atom. The van der Waals surface area contributed by atoms with Crippen LogP contribution in [0, 0.1) is 13.8 Å². The molecule has 1 aromatic heterocycles. The Morgan fingerprint density at radius 2 is 1.96 bits per heavy atom. The maximum Gasteiger partial charge on any atom is 0.408 e. The van der Waals surface area contributed by atoms with Crippen LogP contribution in [0.1, 0.15) is 41.9 Å². The zero-order chi connectivity index (χ0) is 17.4. The van der Waals surface area contributed by atoms with Crippen LogP contribution in [-0.2, 0) is 4.79 Å². The van der Waals surface area contributed by atoms with E-state index in [0.717, 1.165) is 4.90 Å². The number of likely N-dealkylation sites (tertiary alicyclic amines) is 1. The third-order valence-corrected chi connectivity index (χ3v) is 3.73. The van der Waals surface area contributed by atoms with Crippen molar-refractivity contribution in [2.45, 2.75) is 51.9 Å². The predicted octanol–water partition coefficient (Wildman–Crippen LogP) is 1.96. The van der Waals surface area contributed by atoms with Crippen LogP contribution in [0.2, 0.25) is 0 Å². The van der Waals surface area contributed by atoms with Crippen molar-refractivity contribution in [2.75, 3.05) is 6.54 Å². The number of oxazole rings is 1. The first kappa shape index (κ1) is 17.3. The van der Waals surface area contributed by atoms with Gasteiger partial charge in [-0.1, -0.05) is 0 Å². The van der Waals surface area contributed by atoms with Gasteiger partial charge in [-0.2, -0.15) is 13.2 Å². The molecule has 2 amide bonds. The first-order valence-corrected chi connectivity index (χ1v) is 7.18. The Hall–Kier alpha value is -2.06. The summed E-state index contributed by atoms with van der Waals surface area (Å²) in [6.07, 6.45) is -4.66. The Balaban J connectivity index is 2.29. The van der Waals surface area contributed by atoms with Gasteiger partial charge in [0, 0.05) is 26.4 Å². The molecule has 0 bridgehead atoms. The second-order valence-electron chi connectivity index (χ2n) is 5.64. The summed E-state index contributed by atoms with van der Waals surface area (Å²) >= 11 is 0. The predicted molar refractivity (Wildman–Crippen MR) is 73.7 cm³/mol. The molecule has 0 aromatic carbocycles. The van der Waals surface area contributed by atoms with Crippen LogP contribution >= 0.6 is 0 Å². The number of hydrogen-bond donors (Lipinski definition) is 1. The average Bonchev–Trinajstić information content (AvgIpc) is 2.74. The number of alkyl halides is 3. The van der Waals surface area contributed by atoms with Gasteiger partial charge in [-0.05, 0) is 19.8 Å². The van der Waals surface area contributed by atoms with Crippen molar-refractivity contribution >= 4 is 11.8 Å². The molecule has 2 heterocycles. The van der Waals surface area contributed by atoms with Crippen LogP contribution in [0.5, 0.6) is 0 Å². The van der Waals surface area contributed by atoms with Crippen molar-refractivity contribution in [3.8, 4) is 0 Å². The number of halogens is 3. The molecule has 0 radical (unpaired) electrons. The molecule has 1 saturated heterocycles. The third-order valence-electron chi connectivity index (χ3n) is 3.73. The normalized spacial score (nSPS) is 22.1. The van der Waals surface area contributed by atoms with E-state index in [2.05, 4.69) is 10.3 Å². The molecule has 0 unspecified atom stereocenters. The smallest absolute Gasteiger partial charge is 0.408 e. The number of carbonyl (C=O) groups is 2. The summed E-state index contributed by atoms with van der Waals surface area (Å²) in [7, 11) is 0. The minimum atomic E-state index is -4.54. The van der Waals surface area contributed by atoms with E-state index in [0.29, 0.717) is 0 Å². The summed E-state index contributed by atoms with van der Waals surface area (Å²) in [6, 6.07) is -2.41. The van der Waals surface area contributed by atoms with Gasteiger partial charge in [0.2, 0.25) is 11.7 Å². The number of hydrogen-bond acceptors (Lipinski definition) is 4.